The fraction of sp³-hybridized carbons (Fsp3) is 0.611. The second kappa shape index (κ2) is 8.39. The Balaban J connectivity index is 1.94. The lowest BCUT2D eigenvalue weighted by Gasteiger charge is -2.30. The zero-order valence-corrected chi connectivity index (χ0v) is 14.0. The topological polar surface area (TPSA) is 23.6 Å². The van der Waals surface area contributed by atoms with Gasteiger partial charge in [-0.3, -0.25) is 9.69 Å². The van der Waals surface area contributed by atoms with Crippen molar-refractivity contribution in [2.24, 2.45) is 0 Å². The van der Waals surface area contributed by atoms with Gasteiger partial charge in [0.1, 0.15) is 0 Å². The van der Waals surface area contributed by atoms with Crippen LogP contribution in [0.4, 0.5) is 8.78 Å². The van der Waals surface area contributed by atoms with Gasteiger partial charge in [-0.05, 0) is 44.5 Å². The van der Waals surface area contributed by atoms with E-state index in [1.807, 2.05) is 23.8 Å². The summed E-state index contributed by atoms with van der Waals surface area (Å²) in [5.41, 5.74) is 0.673. The Labute approximate surface area is 137 Å². The molecular weight excluding hydrogens is 298 g/mol. The summed E-state index contributed by atoms with van der Waals surface area (Å²) < 4.78 is 26.4. The van der Waals surface area contributed by atoms with E-state index in [0.29, 0.717) is 12.1 Å². The highest BCUT2D eigenvalue weighted by Crippen LogP contribution is 2.21. The highest BCUT2D eigenvalue weighted by Gasteiger charge is 2.20. The van der Waals surface area contributed by atoms with Gasteiger partial charge in [-0.25, -0.2) is 8.78 Å². The second-order valence-corrected chi connectivity index (χ2v) is 6.41. The average Bonchev–Trinajstić information content (AvgIpc) is 2.48. The van der Waals surface area contributed by atoms with E-state index in [-0.39, 0.29) is 11.9 Å². The van der Waals surface area contributed by atoms with Crippen LogP contribution in [-0.4, -0.2) is 42.4 Å². The van der Waals surface area contributed by atoms with Gasteiger partial charge in [0, 0.05) is 19.1 Å². The van der Waals surface area contributed by atoms with E-state index in [1.165, 1.54) is 25.3 Å². The molecule has 0 radical (unpaired) electrons. The third-order valence-electron chi connectivity index (χ3n) is 4.68. The van der Waals surface area contributed by atoms with E-state index in [9.17, 15) is 13.6 Å². The number of hydrogen-bond acceptors (Lipinski definition) is 2. The van der Waals surface area contributed by atoms with Crippen LogP contribution in [0.25, 0.3) is 0 Å². The summed E-state index contributed by atoms with van der Waals surface area (Å²) in [7, 11) is 1.84. The Morgan fingerprint density at radius 3 is 2.35 bits per heavy atom. The molecule has 1 amide bonds. The number of hydrogen-bond donors (Lipinski definition) is 0. The summed E-state index contributed by atoms with van der Waals surface area (Å²) in [6, 6.07) is 3.76. The van der Waals surface area contributed by atoms with Crippen molar-refractivity contribution in [2.45, 2.75) is 45.1 Å². The number of carbonyl (C=O) groups is 1. The van der Waals surface area contributed by atoms with Gasteiger partial charge in [0.15, 0.2) is 11.6 Å². The smallest absolute Gasteiger partial charge is 0.236 e. The van der Waals surface area contributed by atoms with Crippen LogP contribution in [0.3, 0.4) is 0 Å². The second-order valence-electron chi connectivity index (χ2n) is 6.41. The quantitative estimate of drug-likeness (QED) is 0.842. The lowest BCUT2D eigenvalue weighted by atomic mass is 10.1. The molecule has 5 heteroatoms. The SMILES string of the molecule is CC(c1ccc(F)c(F)c1)N(C)CC(=O)N1CCCCCCC1. The van der Waals surface area contributed by atoms with Gasteiger partial charge >= 0.3 is 0 Å². The molecule has 0 saturated carbocycles. The number of nitrogens with zero attached hydrogens (tertiary/aromatic N) is 2. The van der Waals surface area contributed by atoms with Gasteiger partial charge in [-0.1, -0.05) is 25.3 Å². The average molecular weight is 324 g/mol. The summed E-state index contributed by atoms with van der Waals surface area (Å²) in [6.45, 7) is 3.84. The van der Waals surface area contributed by atoms with Crippen molar-refractivity contribution in [3.05, 3.63) is 35.4 Å². The highest BCUT2D eigenvalue weighted by molar-refractivity contribution is 5.78. The van der Waals surface area contributed by atoms with Crippen molar-refractivity contribution in [3.63, 3.8) is 0 Å². The van der Waals surface area contributed by atoms with Crippen molar-refractivity contribution in [1.29, 1.82) is 0 Å². The molecule has 2 rings (SSSR count). The Morgan fingerprint density at radius 1 is 1.13 bits per heavy atom. The molecule has 0 N–H and O–H groups in total. The number of carbonyl (C=O) groups excluding carboxylic acids is 1. The van der Waals surface area contributed by atoms with Gasteiger partial charge in [-0.15, -0.1) is 0 Å². The summed E-state index contributed by atoms with van der Waals surface area (Å²) in [5, 5.41) is 0. The number of benzene rings is 1. The van der Waals surface area contributed by atoms with Crippen LogP contribution >= 0.6 is 0 Å². The van der Waals surface area contributed by atoms with Gasteiger partial charge < -0.3 is 4.90 Å². The van der Waals surface area contributed by atoms with Crippen molar-refractivity contribution in [2.75, 3.05) is 26.7 Å². The number of halogens is 2. The van der Waals surface area contributed by atoms with Gasteiger partial charge in [-0.2, -0.15) is 0 Å². The molecule has 0 spiro atoms. The maximum Gasteiger partial charge on any atom is 0.236 e. The first-order valence-corrected chi connectivity index (χ1v) is 8.42. The molecule has 1 aliphatic rings. The molecule has 1 aromatic carbocycles. The van der Waals surface area contributed by atoms with Crippen molar-refractivity contribution >= 4 is 5.91 Å². The van der Waals surface area contributed by atoms with E-state index >= 15 is 0 Å². The van der Waals surface area contributed by atoms with E-state index in [4.69, 9.17) is 0 Å². The van der Waals surface area contributed by atoms with Gasteiger partial charge in [0.2, 0.25) is 5.91 Å². The molecule has 1 saturated heterocycles. The molecule has 128 valence electrons. The van der Waals surface area contributed by atoms with Crippen LogP contribution in [0.5, 0.6) is 0 Å². The Morgan fingerprint density at radius 2 is 1.74 bits per heavy atom. The Kier molecular flexibility index (Phi) is 6.51. The first-order chi connectivity index (χ1) is 11.0. The lowest BCUT2D eigenvalue weighted by molar-refractivity contribution is -0.132. The van der Waals surface area contributed by atoms with Gasteiger partial charge in [0.25, 0.3) is 0 Å². The maximum atomic E-state index is 13.4. The Bertz CT molecular complexity index is 528. The molecule has 0 aromatic heterocycles. The first kappa shape index (κ1) is 17.9. The first-order valence-electron chi connectivity index (χ1n) is 8.42. The fourth-order valence-corrected chi connectivity index (χ4v) is 2.97. The van der Waals surface area contributed by atoms with Crippen molar-refractivity contribution in [3.8, 4) is 0 Å². The Hall–Kier alpha value is -1.49. The van der Waals surface area contributed by atoms with Crippen molar-refractivity contribution < 1.29 is 13.6 Å². The van der Waals surface area contributed by atoms with Crippen LogP contribution in [0, 0.1) is 11.6 Å². The number of amides is 1. The van der Waals surface area contributed by atoms with E-state index in [2.05, 4.69) is 0 Å². The molecular formula is C18H26F2N2O. The normalized spacial score (nSPS) is 17.7. The fourth-order valence-electron chi connectivity index (χ4n) is 2.97. The largest absolute Gasteiger partial charge is 0.342 e. The standard InChI is InChI=1S/C18H26F2N2O/c1-14(15-8-9-16(19)17(20)12-15)21(2)13-18(23)22-10-6-4-3-5-7-11-22/h8-9,12,14H,3-7,10-11,13H2,1-2H3. The molecule has 1 unspecified atom stereocenters. The summed E-state index contributed by atoms with van der Waals surface area (Å²) in [6.07, 6.45) is 5.76. The van der Waals surface area contributed by atoms with E-state index < -0.39 is 11.6 Å². The predicted molar refractivity (Wildman–Crippen MR) is 87.1 cm³/mol. The molecule has 1 fully saturated rings. The zero-order valence-electron chi connectivity index (χ0n) is 14.0. The maximum absolute atomic E-state index is 13.4. The minimum absolute atomic E-state index is 0.115. The predicted octanol–water partition coefficient (Wildman–Crippen LogP) is 3.75. The minimum atomic E-state index is -0.849. The molecule has 1 atom stereocenters. The molecule has 0 aliphatic carbocycles. The third kappa shape index (κ3) is 4.99. The number of rotatable bonds is 4. The zero-order chi connectivity index (χ0) is 16.8. The number of likely N-dealkylation sites (N-methyl/N-ethyl adjacent to an activating group) is 1. The van der Waals surface area contributed by atoms with Crippen LogP contribution < -0.4 is 0 Å². The third-order valence-corrected chi connectivity index (χ3v) is 4.68. The monoisotopic (exact) mass is 324 g/mol. The van der Waals surface area contributed by atoms with Crippen LogP contribution in [0.2, 0.25) is 0 Å². The minimum Gasteiger partial charge on any atom is -0.342 e. The van der Waals surface area contributed by atoms with Crippen LogP contribution in [0.15, 0.2) is 18.2 Å². The van der Waals surface area contributed by atoms with Crippen LogP contribution in [0.1, 0.15) is 50.6 Å². The summed E-state index contributed by atoms with van der Waals surface area (Å²) in [5.74, 6) is -1.58. The molecule has 1 heterocycles. The van der Waals surface area contributed by atoms with E-state index in [1.54, 1.807) is 6.07 Å². The molecule has 1 aromatic rings. The molecule has 3 nitrogen and oxygen atoms in total. The number of likely N-dealkylation sites (tertiary alicyclic amines) is 1. The van der Waals surface area contributed by atoms with Crippen molar-refractivity contribution in [1.82, 2.24) is 9.80 Å². The van der Waals surface area contributed by atoms with Crippen LogP contribution in [-0.2, 0) is 4.79 Å². The molecule has 1 aliphatic heterocycles. The molecule has 23 heavy (non-hydrogen) atoms. The van der Waals surface area contributed by atoms with E-state index in [0.717, 1.165) is 32.0 Å². The summed E-state index contributed by atoms with van der Waals surface area (Å²) in [4.78, 5) is 16.3. The van der Waals surface area contributed by atoms with Gasteiger partial charge in [0.05, 0.1) is 6.54 Å². The molecule has 0 bridgehead atoms. The summed E-state index contributed by atoms with van der Waals surface area (Å²) >= 11 is 0. The lowest BCUT2D eigenvalue weighted by Crippen LogP contribution is -2.41. The highest BCUT2D eigenvalue weighted by atomic mass is 19.2.